The lowest BCUT2D eigenvalue weighted by Gasteiger charge is -2.10. The van der Waals surface area contributed by atoms with E-state index in [-0.39, 0.29) is 5.58 Å². The fourth-order valence-corrected chi connectivity index (χ4v) is 2.41. The van der Waals surface area contributed by atoms with Gasteiger partial charge in [-0.25, -0.2) is 27.5 Å². The van der Waals surface area contributed by atoms with E-state index in [9.17, 15) is 17.6 Å². The molecular formula is C16H7F4N3O. The van der Waals surface area contributed by atoms with Crippen LogP contribution in [0.4, 0.5) is 17.6 Å². The molecule has 0 unspecified atom stereocenters. The normalized spacial score (nSPS) is 11.3. The molecule has 0 saturated carbocycles. The standard InChI is InChI=1S/C16H7F4N3O/c17-11-10(16-22-8-3-1-2-4-9(8)24-16)12(18)14(20)15(13(11)19)23-6-5-21-7-23/h1-7H. The highest BCUT2D eigenvalue weighted by atomic mass is 19.2. The van der Waals surface area contributed by atoms with Crippen LogP contribution in [0.25, 0.3) is 28.2 Å². The molecule has 0 fully saturated rings. The van der Waals surface area contributed by atoms with Gasteiger partial charge in [-0.1, -0.05) is 12.1 Å². The monoisotopic (exact) mass is 333 g/mol. The van der Waals surface area contributed by atoms with Crippen LogP contribution in [0.3, 0.4) is 0 Å². The first-order valence-corrected chi connectivity index (χ1v) is 6.78. The number of benzene rings is 2. The zero-order valence-corrected chi connectivity index (χ0v) is 11.8. The second-order valence-electron chi connectivity index (χ2n) is 4.94. The lowest BCUT2D eigenvalue weighted by atomic mass is 10.1. The molecule has 0 N–H and O–H groups in total. The molecule has 0 spiro atoms. The Kier molecular flexibility index (Phi) is 3.12. The van der Waals surface area contributed by atoms with Gasteiger partial charge in [0.15, 0.2) is 28.9 Å². The molecule has 0 aliphatic rings. The lowest BCUT2D eigenvalue weighted by molar-refractivity contribution is 0.446. The minimum absolute atomic E-state index is 0.241. The third kappa shape index (κ3) is 1.99. The summed E-state index contributed by atoms with van der Waals surface area (Å²) in [4.78, 5) is 7.48. The molecule has 2 aromatic carbocycles. The van der Waals surface area contributed by atoms with Crippen LogP contribution in [0.15, 0.2) is 47.4 Å². The predicted molar refractivity (Wildman–Crippen MR) is 76.4 cm³/mol. The third-order valence-corrected chi connectivity index (χ3v) is 3.51. The van der Waals surface area contributed by atoms with E-state index in [4.69, 9.17) is 4.42 Å². The predicted octanol–water partition coefficient (Wildman–Crippen LogP) is 4.24. The molecule has 0 saturated heterocycles. The Bertz CT molecular complexity index is 995. The van der Waals surface area contributed by atoms with Crippen molar-refractivity contribution in [3.8, 4) is 17.1 Å². The van der Waals surface area contributed by atoms with Crippen molar-refractivity contribution in [1.29, 1.82) is 0 Å². The van der Waals surface area contributed by atoms with Crippen molar-refractivity contribution in [3.05, 3.63) is 66.3 Å². The van der Waals surface area contributed by atoms with Crippen LogP contribution in [0.2, 0.25) is 0 Å². The van der Waals surface area contributed by atoms with Crippen LogP contribution < -0.4 is 0 Å². The zero-order chi connectivity index (χ0) is 16.8. The molecule has 24 heavy (non-hydrogen) atoms. The number of para-hydroxylation sites is 2. The summed E-state index contributed by atoms with van der Waals surface area (Å²) in [7, 11) is 0. The second-order valence-corrected chi connectivity index (χ2v) is 4.94. The summed E-state index contributed by atoms with van der Waals surface area (Å²) in [5, 5.41) is 0. The molecule has 4 aromatic rings. The fourth-order valence-electron chi connectivity index (χ4n) is 2.41. The van der Waals surface area contributed by atoms with Crippen molar-refractivity contribution >= 4 is 11.1 Å². The van der Waals surface area contributed by atoms with E-state index in [2.05, 4.69) is 9.97 Å². The van der Waals surface area contributed by atoms with Crippen molar-refractivity contribution in [2.75, 3.05) is 0 Å². The summed E-state index contributed by atoms with van der Waals surface area (Å²) in [6.07, 6.45) is 3.42. The molecule has 0 aliphatic heterocycles. The number of fused-ring (bicyclic) bond motifs is 1. The first-order valence-electron chi connectivity index (χ1n) is 6.78. The lowest BCUT2D eigenvalue weighted by Crippen LogP contribution is -2.08. The molecule has 0 atom stereocenters. The summed E-state index contributed by atoms with van der Waals surface area (Å²) < 4.78 is 63.5. The second kappa shape index (κ2) is 5.19. The Morgan fingerprint density at radius 1 is 0.917 bits per heavy atom. The molecule has 0 radical (unpaired) electrons. The van der Waals surface area contributed by atoms with E-state index in [0.29, 0.717) is 5.52 Å². The average Bonchev–Trinajstić information content (AvgIpc) is 3.22. The van der Waals surface area contributed by atoms with Gasteiger partial charge < -0.3 is 8.98 Å². The Hall–Kier alpha value is -3.16. The van der Waals surface area contributed by atoms with Crippen LogP contribution in [0, 0.1) is 23.3 Å². The Morgan fingerprint density at radius 2 is 1.62 bits per heavy atom. The largest absolute Gasteiger partial charge is 0.436 e. The fraction of sp³-hybridized carbons (Fsp3) is 0. The van der Waals surface area contributed by atoms with Gasteiger partial charge >= 0.3 is 0 Å². The number of imidazole rings is 1. The quantitative estimate of drug-likeness (QED) is 0.407. The van der Waals surface area contributed by atoms with E-state index >= 15 is 0 Å². The molecule has 2 aromatic heterocycles. The van der Waals surface area contributed by atoms with Crippen molar-refractivity contribution in [1.82, 2.24) is 14.5 Å². The molecule has 2 heterocycles. The van der Waals surface area contributed by atoms with Gasteiger partial charge in [0.25, 0.3) is 0 Å². The summed E-state index contributed by atoms with van der Waals surface area (Å²) >= 11 is 0. The van der Waals surface area contributed by atoms with Crippen LogP contribution in [0.5, 0.6) is 0 Å². The molecule has 120 valence electrons. The summed E-state index contributed by atoms with van der Waals surface area (Å²) in [5.41, 5.74) is -1.34. The Balaban J connectivity index is 2.00. The van der Waals surface area contributed by atoms with Crippen molar-refractivity contribution in [3.63, 3.8) is 0 Å². The topological polar surface area (TPSA) is 43.9 Å². The summed E-state index contributed by atoms with van der Waals surface area (Å²) in [5.74, 6) is -6.86. The van der Waals surface area contributed by atoms with Crippen LogP contribution in [-0.4, -0.2) is 14.5 Å². The minimum Gasteiger partial charge on any atom is -0.436 e. The van der Waals surface area contributed by atoms with E-state index in [1.54, 1.807) is 18.2 Å². The molecule has 0 aliphatic carbocycles. The van der Waals surface area contributed by atoms with Gasteiger partial charge in [-0.15, -0.1) is 0 Å². The van der Waals surface area contributed by atoms with Crippen molar-refractivity contribution in [2.45, 2.75) is 0 Å². The highest BCUT2D eigenvalue weighted by Crippen LogP contribution is 2.34. The van der Waals surface area contributed by atoms with Crippen LogP contribution in [-0.2, 0) is 0 Å². The SMILES string of the molecule is Fc1c(F)c(-n2ccnc2)c(F)c(F)c1-c1nc2ccccc2o1. The number of aromatic nitrogens is 3. The molecule has 4 nitrogen and oxygen atoms in total. The van der Waals surface area contributed by atoms with E-state index in [1.165, 1.54) is 18.5 Å². The number of halogens is 4. The number of hydrogen-bond donors (Lipinski definition) is 0. The van der Waals surface area contributed by atoms with Crippen molar-refractivity contribution < 1.29 is 22.0 Å². The van der Waals surface area contributed by atoms with Gasteiger partial charge in [0, 0.05) is 12.4 Å². The summed E-state index contributed by atoms with van der Waals surface area (Å²) in [6.45, 7) is 0. The molecule has 4 rings (SSSR count). The zero-order valence-electron chi connectivity index (χ0n) is 11.8. The van der Waals surface area contributed by atoms with Crippen LogP contribution in [0.1, 0.15) is 0 Å². The van der Waals surface area contributed by atoms with Gasteiger partial charge in [-0.05, 0) is 12.1 Å². The maximum atomic E-state index is 14.4. The molecule has 0 amide bonds. The van der Waals surface area contributed by atoms with E-state index in [1.807, 2.05) is 0 Å². The molecular weight excluding hydrogens is 326 g/mol. The Morgan fingerprint density at radius 3 is 2.25 bits per heavy atom. The number of nitrogens with zero attached hydrogens (tertiary/aromatic N) is 3. The van der Waals surface area contributed by atoms with E-state index < -0.39 is 40.4 Å². The average molecular weight is 333 g/mol. The number of oxazole rings is 1. The van der Waals surface area contributed by atoms with Crippen molar-refractivity contribution in [2.24, 2.45) is 0 Å². The maximum absolute atomic E-state index is 14.4. The van der Waals surface area contributed by atoms with Gasteiger partial charge in [-0.2, -0.15) is 0 Å². The van der Waals surface area contributed by atoms with Gasteiger partial charge in [0.05, 0.1) is 6.33 Å². The molecule has 0 bridgehead atoms. The maximum Gasteiger partial charge on any atom is 0.233 e. The first-order chi connectivity index (χ1) is 11.6. The smallest absolute Gasteiger partial charge is 0.233 e. The first kappa shape index (κ1) is 14.4. The van der Waals surface area contributed by atoms with Crippen LogP contribution >= 0.6 is 0 Å². The Labute approximate surface area is 132 Å². The molecule has 8 heteroatoms. The highest BCUT2D eigenvalue weighted by Gasteiger charge is 2.29. The summed E-state index contributed by atoms with van der Waals surface area (Å²) in [6, 6.07) is 6.34. The minimum atomic E-state index is -1.59. The van der Waals surface area contributed by atoms with Gasteiger partial charge in [0.1, 0.15) is 16.8 Å². The van der Waals surface area contributed by atoms with E-state index in [0.717, 1.165) is 10.9 Å². The van der Waals surface area contributed by atoms with Gasteiger partial charge in [-0.3, -0.25) is 0 Å². The van der Waals surface area contributed by atoms with Gasteiger partial charge in [0.2, 0.25) is 5.89 Å². The number of rotatable bonds is 2. The third-order valence-electron chi connectivity index (χ3n) is 3.51. The number of hydrogen-bond acceptors (Lipinski definition) is 3. The highest BCUT2D eigenvalue weighted by molar-refractivity contribution is 5.76.